The Morgan fingerprint density at radius 2 is 2.05 bits per heavy atom. The molecule has 0 aliphatic carbocycles. The zero-order valence-electron chi connectivity index (χ0n) is 11.8. The number of piperazine rings is 1. The Labute approximate surface area is 127 Å². The second kappa shape index (κ2) is 7.48. The predicted octanol–water partition coefficient (Wildman–Crippen LogP) is -0.123. The molecule has 1 saturated heterocycles. The lowest BCUT2D eigenvalue weighted by Crippen LogP contribution is -2.49. The van der Waals surface area contributed by atoms with E-state index in [1.165, 1.54) is 11.3 Å². The number of carbonyl (C=O) groups is 2. The van der Waals surface area contributed by atoms with Crippen LogP contribution < -0.4 is 5.73 Å². The molecule has 8 heteroatoms. The third-order valence-corrected chi connectivity index (χ3v) is 4.34. The predicted molar refractivity (Wildman–Crippen MR) is 79.5 cm³/mol. The number of carboxylic acid groups (broad SMARTS) is 1. The summed E-state index contributed by atoms with van der Waals surface area (Å²) in [5, 5.41) is 11.3. The molecule has 2 heterocycles. The molecule has 0 aromatic carbocycles. The van der Waals surface area contributed by atoms with E-state index in [-0.39, 0.29) is 12.3 Å². The van der Waals surface area contributed by atoms with E-state index in [1.54, 1.807) is 10.3 Å². The fourth-order valence-corrected chi connectivity index (χ4v) is 3.03. The molecule has 21 heavy (non-hydrogen) atoms. The summed E-state index contributed by atoms with van der Waals surface area (Å²) in [5.41, 5.74) is 5.97. The van der Waals surface area contributed by atoms with Crippen molar-refractivity contribution >= 4 is 23.2 Å². The number of rotatable bonds is 6. The number of aliphatic carboxylic acids is 1. The molecule has 1 aromatic heterocycles. The number of hydrogen-bond acceptors (Lipinski definition) is 6. The number of amides is 1. The zero-order chi connectivity index (χ0) is 15.2. The van der Waals surface area contributed by atoms with Gasteiger partial charge in [0.1, 0.15) is 5.69 Å². The summed E-state index contributed by atoms with van der Waals surface area (Å²) in [6, 6.07) is 0. The molecule has 0 saturated carbocycles. The van der Waals surface area contributed by atoms with Crippen LogP contribution in [0.1, 0.15) is 21.9 Å². The molecule has 0 unspecified atom stereocenters. The van der Waals surface area contributed by atoms with Gasteiger partial charge in [0, 0.05) is 44.5 Å². The van der Waals surface area contributed by atoms with Crippen LogP contribution in [0.5, 0.6) is 0 Å². The standard InChI is InChI=1S/C13H20N4O3S/c14-3-1-11-15-10(9-21-11)13(20)17-7-5-16(6-8-17)4-2-12(18)19/h9H,1-8,14H2,(H,18,19). The number of aromatic nitrogens is 1. The maximum absolute atomic E-state index is 12.3. The molecule has 0 bridgehead atoms. The minimum Gasteiger partial charge on any atom is -0.481 e. The molecule has 1 aromatic rings. The number of nitrogens with zero attached hydrogens (tertiary/aromatic N) is 3. The summed E-state index contributed by atoms with van der Waals surface area (Å²) < 4.78 is 0. The largest absolute Gasteiger partial charge is 0.481 e. The fourth-order valence-electron chi connectivity index (χ4n) is 2.24. The van der Waals surface area contributed by atoms with E-state index in [4.69, 9.17) is 10.8 Å². The van der Waals surface area contributed by atoms with Crippen molar-refractivity contribution in [3.8, 4) is 0 Å². The molecule has 0 atom stereocenters. The topological polar surface area (TPSA) is 99.8 Å². The molecule has 1 fully saturated rings. The summed E-state index contributed by atoms with van der Waals surface area (Å²) in [6.45, 7) is 3.71. The highest BCUT2D eigenvalue weighted by molar-refractivity contribution is 7.09. The van der Waals surface area contributed by atoms with Crippen molar-refractivity contribution in [2.45, 2.75) is 12.8 Å². The van der Waals surface area contributed by atoms with Gasteiger partial charge in [-0.15, -0.1) is 11.3 Å². The normalized spacial score (nSPS) is 16.1. The van der Waals surface area contributed by atoms with Gasteiger partial charge in [0.25, 0.3) is 5.91 Å². The van der Waals surface area contributed by atoms with Crippen molar-refractivity contribution in [2.24, 2.45) is 5.73 Å². The summed E-state index contributed by atoms with van der Waals surface area (Å²) in [7, 11) is 0. The van der Waals surface area contributed by atoms with Gasteiger partial charge >= 0.3 is 5.97 Å². The molecule has 0 radical (unpaired) electrons. The lowest BCUT2D eigenvalue weighted by Gasteiger charge is -2.34. The van der Waals surface area contributed by atoms with Gasteiger partial charge in [0.15, 0.2) is 0 Å². The molecule has 1 aliphatic rings. The van der Waals surface area contributed by atoms with Gasteiger partial charge in [-0.05, 0) is 6.54 Å². The van der Waals surface area contributed by atoms with E-state index in [0.29, 0.717) is 51.4 Å². The fraction of sp³-hybridized carbons (Fsp3) is 0.615. The van der Waals surface area contributed by atoms with E-state index in [2.05, 4.69) is 9.88 Å². The second-order valence-electron chi connectivity index (χ2n) is 4.94. The highest BCUT2D eigenvalue weighted by atomic mass is 32.1. The molecule has 7 nitrogen and oxygen atoms in total. The Kier molecular flexibility index (Phi) is 5.66. The number of hydrogen-bond donors (Lipinski definition) is 2. The van der Waals surface area contributed by atoms with Gasteiger partial charge in [-0.2, -0.15) is 0 Å². The quantitative estimate of drug-likeness (QED) is 0.759. The van der Waals surface area contributed by atoms with Crippen LogP contribution in [0, 0.1) is 0 Å². The van der Waals surface area contributed by atoms with Crippen LogP contribution in [-0.2, 0) is 11.2 Å². The van der Waals surface area contributed by atoms with Crippen molar-refractivity contribution in [2.75, 3.05) is 39.3 Å². The smallest absolute Gasteiger partial charge is 0.304 e. The lowest BCUT2D eigenvalue weighted by molar-refractivity contribution is -0.137. The Bertz CT molecular complexity index is 497. The molecule has 116 valence electrons. The Morgan fingerprint density at radius 1 is 1.33 bits per heavy atom. The molecular weight excluding hydrogens is 292 g/mol. The average molecular weight is 312 g/mol. The molecule has 2 rings (SSSR count). The summed E-state index contributed by atoms with van der Waals surface area (Å²) in [6.07, 6.45) is 0.837. The first kappa shape index (κ1) is 15.9. The molecular formula is C13H20N4O3S. The number of carboxylic acids is 1. The lowest BCUT2D eigenvalue weighted by atomic mass is 10.2. The van der Waals surface area contributed by atoms with Gasteiger partial charge < -0.3 is 15.7 Å². The molecule has 3 N–H and O–H groups in total. The van der Waals surface area contributed by atoms with Crippen LogP contribution in [0.3, 0.4) is 0 Å². The summed E-state index contributed by atoms with van der Waals surface area (Å²) in [4.78, 5) is 31.0. The summed E-state index contributed by atoms with van der Waals surface area (Å²) >= 11 is 1.46. The summed E-state index contributed by atoms with van der Waals surface area (Å²) in [5.74, 6) is -0.837. The van der Waals surface area contributed by atoms with Crippen molar-refractivity contribution < 1.29 is 14.7 Å². The minimum atomic E-state index is -0.789. The number of nitrogens with two attached hydrogens (primary N) is 1. The molecule has 1 amide bonds. The first-order chi connectivity index (χ1) is 10.1. The maximum atomic E-state index is 12.3. The Hall–Kier alpha value is -1.51. The van der Waals surface area contributed by atoms with Gasteiger partial charge in [0.2, 0.25) is 0 Å². The third-order valence-electron chi connectivity index (χ3n) is 3.43. The van der Waals surface area contributed by atoms with Crippen molar-refractivity contribution in [3.05, 3.63) is 16.1 Å². The van der Waals surface area contributed by atoms with Crippen LogP contribution in [0.2, 0.25) is 0 Å². The average Bonchev–Trinajstić information content (AvgIpc) is 2.94. The van der Waals surface area contributed by atoms with E-state index in [9.17, 15) is 9.59 Å². The van der Waals surface area contributed by atoms with Crippen LogP contribution >= 0.6 is 11.3 Å². The maximum Gasteiger partial charge on any atom is 0.304 e. The van der Waals surface area contributed by atoms with Crippen LogP contribution in [-0.4, -0.2) is 71.0 Å². The SMILES string of the molecule is NCCc1nc(C(=O)N2CCN(CCC(=O)O)CC2)cs1. The second-order valence-corrected chi connectivity index (χ2v) is 5.89. The molecule has 1 aliphatic heterocycles. The van der Waals surface area contributed by atoms with Crippen molar-refractivity contribution in [3.63, 3.8) is 0 Å². The first-order valence-electron chi connectivity index (χ1n) is 6.98. The van der Waals surface area contributed by atoms with Gasteiger partial charge in [-0.25, -0.2) is 4.98 Å². The van der Waals surface area contributed by atoms with Crippen LogP contribution in [0.25, 0.3) is 0 Å². The zero-order valence-corrected chi connectivity index (χ0v) is 12.6. The first-order valence-corrected chi connectivity index (χ1v) is 7.86. The van der Waals surface area contributed by atoms with Gasteiger partial charge in [-0.1, -0.05) is 0 Å². The molecule has 0 spiro atoms. The number of carbonyl (C=O) groups excluding carboxylic acids is 1. The Morgan fingerprint density at radius 3 is 2.67 bits per heavy atom. The van der Waals surface area contributed by atoms with E-state index in [1.807, 2.05) is 0 Å². The van der Waals surface area contributed by atoms with E-state index < -0.39 is 5.97 Å². The number of thiazole rings is 1. The van der Waals surface area contributed by atoms with Crippen LogP contribution in [0.15, 0.2) is 5.38 Å². The van der Waals surface area contributed by atoms with E-state index in [0.717, 1.165) is 5.01 Å². The Balaban J connectivity index is 1.83. The van der Waals surface area contributed by atoms with Crippen molar-refractivity contribution in [1.29, 1.82) is 0 Å². The highest BCUT2D eigenvalue weighted by Gasteiger charge is 2.23. The highest BCUT2D eigenvalue weighted by Crippen LogP contribution is 2.13. The third kappa shape index (κ3) is 4.48. The van der Waals surface area contributed by atoms with Crippen molar-refractivity contribution in [1.82, 2.24) is 14.8 Å². The van der Waals surface area contributed by atoms with Gasteiger partial charge in [0.05, 0.1) is 11.4 Å². The van der Waals surface area contributed by atoms with Crippen LogP contribution in [0.4, 0.5) is 0 Å². The monoisotopic (exact) mass is 312 g/mol. The van der Waals surface area contributed by atoms with E-state index >= 15 is 0 Å². The van der Waals surface area contributed by atoms with Gasteiger partial charge in [-0.3, -0.25) is 14.5 Å². The minimum absolute atomic E-state index is 0.0487.